The maximum Gasteiger partial charge on any atom is 0.240 e. The summed E-state index contributed by atoms with van der Waals surface area (Å²) in [4.78, 5) is 24.8. The second kappa shape index (κ2) is 5.98. The molecular formula is C13H14N4O2. The minimum atomic E-state index is -0.355. The van der Waals surface area contributed by atoms with Gasteiger partial charge in [-0.3, -0.25) is 9.59 Å². The lowest BCUT2D eigenvalue weighted by molar-refractivity contribution is -0.118. The molecule has 1 aromatic rings. The number of anilines is 2. The van der Waals surface area contributed by atoms with Crippen LogP contribution in [0.5, 0.6) is 0 Å². The predicted octanol–water partition coefficient (Wildman–Crippen LogP) is 0.475. The van der Waals surface area contributed by atoms with E-state index in [4.69, 9.17) is 5.26 Å². The second-order valence-corrected chi connectivity index (χ2v) is 4.16. The number of nitrogens with one attached hydrogen (secondary N) is 2. The first-order valence-electron chi connectivity index (χ1n) is 5.98. The van der Waals surface area contributed by atoms with E-state index in [1.165, 1.54) is 0 Å². The summed E-state index contributed by atoms with van der Waals surface area (Å²) in [5.41, 5.74) is 1.34. The smallest absolute Gasteiger partial charge is 0.240 e. The number of hydrogen-bond donors (Lipinski definition) is 2. The first kappa shape index (κ1) is 13.1. The van der Waals surface area contributed by atoms with Gasteiger partial charge in [0.1, 0.15) is 6.42 Å². The van der Waals surface area contributed by atoms with Crippen LogP contribution in [0.15, 0.2) is 24.3 Å². The summed E-state index contributed by atoms with van der Waals surface area (Å²) in [5.74, 6) is -0.349. The largest absolute Gasteiger partial charge is 0.325 e. The number of nitrogens with zero attached hydrogens (tertiary/aromatic N) is 2. The summed E-state index contributed by atoms with van der Waals surface area (Å²) in [5, 5.41) is 14.1. The van der Waals surface area contributed by atoms with Crippen molar-refractivity contribution in [3.05, 3.63) is 24.3 Å². The maximum atomic E-state index is 11.8. The zero-order valence-corrected chi connectivity index (χ0v) is 10.3. The first-order chi connectivity index (χ1) is 9.20. The Hall–Kier alpha value is -2.39. The third-order valence-corrected chi connectivity index (χ3v) is 2.77. The van der Waals surface area contributed by atoms with E-state index in [1.54, 1.807) is 29.2 Å². The van der Waals surface area contributed by atoms with E-state index < -0.39 is 0 Å². The molecule has 0 bridgehead atoms. The van der Waals surface area contributed by atoms with Gasteiger partial charge >= 0.3 is 0 Å². The van der Waals surface area contributed by atoms with Gasteiger partial charge in [-0.05, 0) is 18.2 Å². The molecule has 1 aliphatic heterocycles. The number of carbonyl (C=O) groups is 2. The van der Waals surface area contributed by atoms with E-state index in [1.807, 2.05) is 6.07 Å². The molecule has 0 aliphatic carbocycles. The Bertz CT molecular complexity index is 536. The van der Waals surface area contributed by atoms with E-state index in [-0.39, 0.29) is 18.2 Å². The van der Waals surface area contributed by atoms with Crippen LogP contribution in [0.2, 0.25) is 0 Å². The van der Waals surface area contributed by atoms with Crippen LogP contribution in [-0.2, 0) is 9.59 Å². The monoisotopic (exact) mass is 258 g/mol. The van der Waals surface area contributed by atoms with Gasteiger partial charge < -0.3 is 15.5 Å². The second-order valence-electron chi connectivity index (χ2n) is 4.16. The molecule has 2 N–H and O–H groups in total. The Labute approximate surface area is 111 Å². The van der Waals surface area contributed by atoms with Gasteiger partial charge in [0, 0.05) is 24.5 Å². The minimum absolute atomic E-state index is 0.00625. The van der Waals surface area contributed by atoms with Crippen LogP contribution in [0.3, 0.4) is 0 Å². The lowest BCUT2D eigenvalue weighted by Gasteiger charge is -2.27. The summed E-state index contributed by atoms with van der Waals surface area (Å²) >= 11 is 0. The SMILES string of the molecule is N#CCC(=O)Nc1cccc(N2CCNCC2=O)c1. The van der Waals surface area contributed by atoms with Crippen molar-refractivity contribution >= 4 is 23.2 Å². The molecule has 6 nitrogen and oxygen atoms in total. The van der Waals surface area contributed by atoms with Crippen molar-refractivity contribution in [3.8, 4) is 6.07 Å². The fourth-order valence-corrected chi connectivity index (χ4v) is 1.91. The first-order valence-corrected chi connectivity index (χ1v) is 5.98. The third kappa shape index (κ3) is 3.30. The van der Waals surface area contributed by atoms with Gasteiger partial charge in [0.15, 0.2) is 0 Å². The zero-order valence-electron chi connectivity index (χ0n) is 10.3. The lowest BCUT2D eigenvalue weighted by atomic mass is 10.2. The summed E-state index contributed by atoms with van der Waals surface area (Å²) in [6, 6.07) is 8.84. The molecular weight excluding hydrogens is 244 g/mol. The molecule has 0 saturated carbocycles. The van der Waals surface area contributed by atoms with Crippen LogP contribution < -0.4 is 15.5 Å². The normalized spacial score (nSPS) is 14.9. The van der Waals surface area contributed by atoms with Crippen molar-refractivity contribution in [2.75, 3.05) is 29.9 Å². The highest BCUT2D eigenvalue weighted by Gasteiger charge is 2.19. The number of benzene rings is 1. The molecule has 6 heteroatoms. The molecule has 0 unspecified atom stereocenters. The molecule has 2 rings (SSSR count). The Morgan fingerprint density at radius 3 is 3.11 bits per heavy atom. The topological polar surface area (TPSA) is 85.2 Å². The van der Waals surface area contributed by atoms with Crippen LogP contribution in [0, 0.1) is 11.3 Å². The van der Waals surface area contributed by atoms with Crippen LogP contribution >= 0.6 is 0 Å². The molecule has 0 radical (unpaired) electrons. The number of rotatable bonds is 3. The molecule has 98 valence electrons. The molecule has 19 heavy (non-hydrogen) atoms. The van der Waals surface area contributed by atoms with Gasteiger partial charge in [-0.25, -0.2) is 0 Å². The van der Waals surface area contributed by atoms with Gasteiger partial charge in [-0.15, -0.1) is 0 Å². The van der Waals surface area contributed by atoms with Gasteiger partial charge in [0.2, 0.25) is 11.8 Å². The van der Waals surface area contributed by atoms with E-state index in [2.05, 4.69) is 10.6 Å². The van der Waals surface area contributed by atoms with Crippen molar-refractivity contribution in [2.45, 2.75) is 6.42 Å². The fourth-order valence-electron chi connectivity index (χ4n) is 1.91. The highest BCUT2D eigenvalue weighted by Crippen LogP contribution is 2.20. The average Bonchev–Trinajstić information content (AvgIpc) is 2.40. The van der Waals surface area contributed by atoms with Crippen molar-refractivity contribution < 1.29 is 9.59 Å². The number of amides is 2. The Balaban J connectivity index is 2.12. The quantitative estimate of drug-likeness (QED) is 0.825. The van der Waals surface area contributed by atoms with Crippen LogP contribution in [0.4, 0.5) is 11.4 Å². The number of hydrogen-bond acceptors (Lipinski definition) is 4. The molecule has 1 fully saturated rings. The lowest BCUT2D eigenvalue weighted by Crippen LogP contribution is -2.48. The number of carbonyl (C=O) groups excluding carboxylic acids is 2. The minimum Gasteiger partial charge on any atom is -0.325 e. The summed E-state index contributed by atoms with van der Waals surface area (Å²) in [6.07, 6.45) is -0.184. The molecule has 1 aromatic carbocycles. The van der Waals surface area contributed by atoms with Crippen LogP contribution in [0.1, 0.15) is 6.42 Å². The van der Waals surface area contributed by atoms with Crippen molar-refractivity contribution in [2.24, 2.45) is 0 Å². The maximum absolute atomic E-state index is 11.8. The number of nitriles is 1. The Kier molecular flexibility index (Phi) is 4.11. The van der Waals surface area contributed by atoms with Gasteiger partial charge in [-0.1, -0.05) is 6.07 Å². The summed E-state index contributed by atoms with van der Waals surface area (Å²) in [7, 11) is 0. The van der Waals surface area contributed by atoms with Gasteiger partial charge in [0.25, 0.3) is 0 Å². The predicted molar refractivity (Wildman–Crippen MR) is 70.5 cm³/mol. The zero-order chi connectivity index (χ0) is 13.7. The van der Waals surface area contributed by atoms with E-state index in [0.29, 0.717) is 18.8 Å². The molecule has 0 spiro atoms. The van der Waals surface area contributed by atoms with E-state index in [9.17, 15) is 9.59 Å². The molecule has 0 aromatic heterocycles. The fraction of sp³-hybridized carbons (Fsp3) is 0.308. The summed E-state index contributed by atoms with van der Waals surface area (Å²) < 4.78 is 0. The molecule has 0 atom stereocenters. The van der Waals surface area contributed by atoms with E-state index >= 15 is 0 Å². The van der Waals surface area contributed by atoms with Crippen LogP contribution in [0.25, 0.3) is 0 Å². The van der Waals surface area contributed by atoms with Gasteiger partial charge in [-0.2, -0.15) is 5.26 Å². The van der Waals surface area contributed by atoms with Crippen molar-refractivity contribution in [1.82, 2.24) is 5.32 Å². The molecule has 1 heterocycles. The van der Waals surface area contributed by atoms with Crippen molar-refractivity contribution in [3.63, 3.8) is 0 Å². The van der Waals surface area contributed by atoms with E-state index in [0.717, 1.165) is 12.2 Å². The molecule has 1 saturated heterocycles. The van der Waals surface area contributed by atoms with Crippen molar-refractivity contribution in [1.29, 1.82) is 5.26 Å². The number of piperazine rings is 1. The highest BCUT2D eigenvalue weighted by atomic mass is 16.2. The summed E-state index contributed by atoms with van der Waals surface area (Å²) in [6.45, 7) is 1.68. The Morgan fingerprint density at radius 2 is 2.37 bits per heavy atom. The third-order valence-electron chi connectivity index (χ3n) is 2.77. The molecule has 1 aliphatic rings. The Morgan fingerprint density at radius 1 is 1.53 bits per heavy atom. The van der Waals surface area contributed by atoms with Gasteiger partial charge in [0.05, 0.1) is 12.6 Å². The molecule has 2 amide bonds. The highest BCUT2D eigenvalue weighted by molar-refractivity contribution is 5.97. The van der Waals surface area contributed by atoms with Crippen LogP contribution in [-0.4, -0.2) is 31.4 Å². The standard InChI is InChI=1S/C13H14N4O2/c14-5-4-12(18)16-10-2-1-3-11(8-10)17-7-6-15-9-13(17)19/h1-3,8,15H,4,6-7,9H2,(H,16,18). The average molecular weight is 258 g/mol.